The molecule has 1 saturated carbocycles. The minimum atomic E-state index is -4.47. The van der Waals surface area contributed by atoms with E-state index in [4.69, 9.17) is 14.6 Å². The summed E-state index contributed by atoms with van der Waals surface area (Å²) in [6.07, 6.45) is -9.05. The number of aliphatic carboxylic acids is 2. The first-order valence-electron chi connectivity index (χ1n) is 12.9. The number of hydrogen-bond acceptors (Lipinski definition) is 12. The van der Waals surface area contributed by atoms with Crippen LogP contribution in [-0.2, 0) is 22.1 Å². The Kier molecular flexibility index (Phi) is 9.48. The molecule has 2 aliphatic rings. The number of carbonyl (C=O) groups excluding carboxylic acids is 2. The van der Waals surface area contributed by atoms with Gasteiger partial charge in [0, 0.05) is 24.8 Å². The average molecular weight is 630 g/mol. The van der Waals surface area contributed by atoms with Gasteiger partial charge in [-0.25, -0.2) is 9.37 Å². The Balaban J connectivity index is 0.000000365. The molecule has 6 atom stereocenters. The van der Waals surface area contributed by atoms with Gasteiger partial charge in [-0.15, -0.1) is 10.2 Å². The fraction of sp³-hybridized carbons (Fsp3) is 0.500. The first kappa shape index (κ1) is 32.4. The van der Waals surface area contributed by atoms with Crippen LogP contribution >= 0.6 is 11.8 Å². The number of rotatable bonds is 10. The molecule has 43 heavy (non-hydrogen) atoms. The lowest BCUT2D eigenvalue weighted by Crippen LogP contribution is -2.51. The number of benzene rings is 1. The molecule has 2 fully saturated rings. The molecule has 0 radical (unpaired) electrons. The van der Waals surface area contributed by atoms with E-state index in [1.807, 2.05) is 0 Å². The summed E-state index contributed by atoms with van der Waals surface area (Å²) in [4.78, 5) is 24.3. The van der Waals surface area contributed by atoms with Crippen LogP contribution in [-0.4, -0.2) is 89.8 Å². The molecule has 0 spiro atoms. The number of aliphatic hydroxyl groups is 2. The van der Waals surface area contributed by atoms with Crippen molar-refractivity contribution in [1.82, 2.24) is 24.6 Å². The van der Waals surface area contributed by atoms with Crippen LogP contribution in [0.25, 0.3) is 11.6 Å². The van der Waals surface area contributed by atoms with Crippen LogP contribution in [0.15, 0.2) is 46.3 Å². The molecule has 3 heterocycles. The summed E-state index contributed by atoms with van der Waals surface area (Å²) in [5, 5.41) is 44.6. The molecule has 4 unspecified atom stereocenters. The smallest absolute Gasteiger partial charge is 0.404 e. The van der Waals surface area contributed by atoms with Crippen molar-refractivity contribution in [2.75, 3.05) is 12.3 Å². The summed E-state index contributed by atoms with van der Waals surface area (Å²) in [6.45, 7) is 1.82. The molecule has 1 aromatic carbocycles. The lowest BCUT2D eigenvalue weighted by atomic mass is 9.93. The number of hydrogen-bond donors (Lipinski definition) is 2. The van der Waals surface area contributed by atoms with Crippen LogP contribution in [0.1, 0.15) is 24.1 Å². The van der Waals surface area contributed by atoms with Gasteiger partial charge in [0.25, 0.3) is 0 Å². The summed E-state index contributed by atoms with van der Waals surface area (Å²) in [5.41, 5.74) is 0.291. The molecule has 5 rings (SSSR count). The zero-order valence-corrected chi connectivity index (χ0v) is 23.6. The largest absolute Gasteiger partial charge is 0.547 e. The third-order valence-corrected chi connectivity index (χ3v) is 8.62. The second kappa shape index (κ2) is 12.6. The van der Waals surface area contributed by atoms with Gasteiger partial charge < -0.3 is 39.0 Å². The van der Waals surface area contributed by atoms with Gasteiger partial charge in [-0.1, -0.05) is 42.1 Å². The van der Waals surface area contributed by atoms with Crippen molar-refractivity contribution in [3.05, 3.63) is 48.0 Å². The van der Waals surface area contributed by atoms with Gasteiger partial charge in [-0.2, -0.15) is 13.2 Å². The van der Waals surface area contributed by atoms with Crippen LogP contribution in [0.4, 0.5) is 17.6 Å². The van der Waals surface area contributed by atoms with Gasteiger partial charge in [-0.3, -0.25) is 4.90 Å². The molecular formula is C26H27F4N5O7S-2. The van der Waals surface area contributed by atoms with Crippen molar-refractivity contribution >= 4 is 23.7 Å². The van der Waals surface area contributed by atoms with Crippen LogP contribution < -0.4 is 10.2 Å². The maximum Gasteiger partial charge on any atom is 0.404 e. The number of carboxylic acids is 2. The standard InChI is InChI=1S/C22H23F4N5OS.C4H6O6/c1-13-16(32-12-27-13)18-28-29-20(30(18)2)33-10-6-9-31-17(22(24,25)26)15-11-21(15,19(31)23)14-7-4-3-5-8-14;5-1(3(7)8)2(6)4(9)10/h3-5,7-8,12,15,17,19H,6,9-11H2,1-2H3;1-2,5-6H,(H,7,8)(H,9,10)/p-2/t15-,17?,19?,21+;/m0./s1. The number of carbonyl (C=O) groups is 2. The first-order chi connectivity index (χ1) is 20.2. The highest BCUT2D eigenvalue weighted by Crippen LogP contribution is 2.68. The highest BCUT2D eigenvalue weighted by molar-refractivity contribution is 7.99. The van der Waals surface area contributed by atoms with Crippen molar-refractivity contribution < 1.29 is 52.0 Å². The Hall–Kier alpha value is -3.54. The zero-order valence-electron chi connectivity index (χ0n) is 22.8. The van der Waals surface area contributed by atoms with Gasteiger partial charge in [0.2, 0.25) is 5.82 Å². The number of fused-ring (bicyclic) bond motifs is 1. The van der Waals surface area contributed by atoms with Gasteiger partial charge in [0.15, 0.2) is 23.6 Å². The van der Waals surface area contributed by atoms with Crippen molar-refractivity contribution in [3.8, 4) is 11.6 Å². The Morgan fingerprint density at radius 3 is 2.33 bits per heavy atom. The molecular weight excluding hydrogens is 602 g/mol. The van der Waals surface area contributed by atoms with Gasteiger partial charge in [0.05, 0.1) is 17.6 Å². The highest BCUT2D eigenvalue weighted by Gasteiger charge is 2.76. The predicted molar refractivity (Wildman–Crippen MR) is 136 cm³/mol. The highest BCUT2D eigenvalue weighted by atomic mass is 32.2. The fourth-order valence-corrected chi connectivity index (χ4v) is 6.18. The number of aryl methyl sites for hydroxylation is 1. The van der Waals surface area contributed by atoms with E-state index in [1.54, 1.807) is 48.9 Å². The molecule has 1 aliphatic carbocycles. The van der Waals surface area contributed by atoms with Crippen LogP contribution in [0, 0.1) is 12.8 Å². The molecule has 17 heteroatoms. The summed E-state index contributed by atoms with van der Waals surface area (Å²) in [5.74, 6) is -3.33. The molecule has 12 nitrogen and oxygen atoms in total. The Morgan fingerprint density at radius 1 is 1.16 bits per heavy atom. The second-order valence-electron chi connectivity index (χ2n) is 10.1. The number of thioether (sulfide) groups is 1. The number of likely N-dealkylation sites (tertiary alicyclic amines) is 1. The molecule has 2 N–H and O–H groups in total. The van der Waals surface area contributed by atoms with Gasteiger partial charge >= 0.3 is 6.18 Å². The molecule has 1 aliphatic heterocycles. The van der Waals surface area contributed by atoms with Crippen molar-refractivity contribution in [2.45, 2.75) is 61.1 Å². The van der Waals surface area contributed by atoms with Crippen LogP contribution in [0.2, 0.25) is 0 Å². The van der Waals surface area contributed by atoms with Gasteiger partial charge in [0.1, 0.15) is 18.2 Å². The number of nitrogens with zero attached hydrogens (tertiary/aromatic N) is 5. The minimum Gasteiger partial charge on any atom is -0.547 e. The third kappa shape index (κ3) is 6.39. The number of aliphatic hydroxyl groups excluding tert-OH is 2. The van der Waals surface area contributed by atoms with E-state index < -0.39 is 54.0 Å². The number of piperidine rings is 1. The van der Waals surface area contributed by atoms with Crippen molar-refractivity contribution in [2.24, 2.45) is 13.0 Å². The monoisotopic (exact) mass is 629 g/mol. The van der Waals surface area contributed by atoms with E-state index in [0.717, 1.165) is 4.90 Å². The number of aromatic nitrogens is 4. The lowest BCUT2D eigenvalue weighted by Gasteiger charge is -2.32. The van der Waals surface area contributed by atoms with Crippen molar-refractivity contribution in [1.29, 1.82) is 0 Å². The van der Waals surface area contributed by atoms with E-state index in [-0.39, 0.29) is 13.0 Å². The molecule has 234 valence electrons. The van der Waals surface area contributed by atoms with E-state index in [2.05, 4.69) is 15.2 Å². The number of halogens is 4. The summed E-state index contributed by atoms with van der Waals surface area (Å²) in [7, 11) is 1.79. The van der Waals surface area contributed by atoms with E-state index in [1.165, 1.54) is 18.2 Å². The third-order valence-electron chi connectivity index (χ3n) is 7.52. The topological polar surface area (TPSA) is 181 Å². The van der Waals surface area contributed by atoms with Crippen molar-refractivity contribution in [3.63, 3.8) is 0 Å². The lowest BCUT2D eigenvalue weighted by molar-refractivity contribution is -0.333. The Bertz CT molecular complexity index is 1420. The second-order valence-corrected chi connectivity index (χ2v) is 11.2. The SMILES string of the molecule is Cc1ncoc1-c1nnc(SCCCN2C(C(F)(F)F)[C@@H]3C[C@]3(c3ccccc3)C2F)n1C.O=C([O-])C(O)C(O)C(=O)[O-]. The molecule has 0 amide bonds. The molecule has 2 aromatic heterocycles. The molecule has 1 saturated heterocycles. The van der Waals surface area contributed by atoms with E-state index in [9.17, 15) is 33.0 Å². The predicted octanol–water partition coefficient (Wildman–Crippen LogP) is -0.0313. The van der Waals surface area contributed by atoms with Crippen LogP contribution in [0.3, 0.4) is 0 Å². The number of oxazole rings is 1. The summed E-state index contributed by atoms with van der Waals surface area (Å²) >= 11 is 1.37. The Labute approximate surface area is 246 Å². The average Bonchev–Trinajstić information content (AvgIpc) is 3.22. The summed E-state index contributed by atoms with van der Waals surface area (Å²) < 4.78 is 64.3. The Morgan fingerprint density at radius 2 is 1.79 bits per heavy atom. The number of carboxylic acid groups (broad SMARTS) is 2. The molecule has 3 aromatic rings. The fourth-order valence-electron chi connectivity index (χ4n) is 5.35. The maximum atomic E-state index is 15.5. The maximum absolute atomic E-state index is 15.5. The van der Waals surface area contributed by atoms with Crippen LogP contribution in [0.5, 0.6) is 0 Å². The van der Waals surface area contributed by atoms with E-state index in [0.29, 0.717) is 40.2 Å². The summed E-state index contributed by atoms with van der Waals surface area (Å²) in [6, 6.07) is 7.02. The minimum absolute atomic E-state index is 0.0232. The first-order valence-corrected chi connectivity index (χ1v) is 13.9. The zero-order chi connectivity index (χ0) is 31.7. The number of alkyl halides is 4. The quantitative estimate of drug-likeness (QED) is 0.133. The van der Waals surface area contributed by atoms with Gasteiger partial charge in [-0.05, 0) is 31.2 Å². The normalized spacial score (nSPS) is 24.5. The van der Waals surface area contributed by atoms with E-state index >= 15 is 4.39 Å². The molecule has 0 bridgehead atoms.